The lowest BCUT2D eigenvalue weighted by Gasteiger charge is -2.31. The minimum Gasteiger partial charge on any atom is -0.461 e. The maximum atomic E-state index is 17.0. The summed E-state index contributed by atoms with van der Waals surface area (Å²) in [5.41, 5.74) is 6.35. The van der Waals surface area contributed by atoms with Crippen LogP contribution in [-0.4, -0.2) is 67.8 Å². The third-order valence-corrected chi connectivity index (χ3v) is 11.1. The number of ether oxygens (including phenoxy) is 1. The molecule has 3 aliphatic heterocycles. The van der Waals surface area contributed by atoms with Crippen molar-refractivity contribution in [3.05, 3.63) is 51.3 Å². The van der Waals surface area contributed by atoms with E-state index < -0.39 is 23.3 Å². The van der Waals surface area contributed by atoms with Gasteiger partial charge >= 0.3 is 6.01 Å². The van der Waals surface area contributed by atoms with Crippen LogP contribution in [0.1, 0.15) is 36.9 Å². The maximum absolute atomic E-state index is 17.0. The van der Waals surface area contributed by atoms with E-state index in [0.29, 0.717) is 49.4 Å². The monoisotopic (exact) mass is 699 g/mol. The Morgan fingerprint density at radius 2 is 2.02 bits per heavy atom. The molecule has 47 heavy (non-hydrogen) atoms. The van der Waals surface area contributed by atoms with Crippen molar-refractivity contribution in [1.29, 1.82) is 5.26 Å². The molecule has 2 atom stereocenters. The number of halogens is 5. The highest BCUT2D eigenvalue weighted by molar-refractivity contribution is 7.23. The van der Waals surface area contributed by atoms with Gasteiger partial charge in [-0.15, -0.1) is 16.4 Å². The summed E-state index contributed by atoms with van der Waals surface area (Å²) >= 11 is 14.1. The normalized spacial score (nSPS) is 21.3. The van der Waals surface area contributed by atoms with Crippen LogP contribution in [0, 0.1) is 23.0 Å². The zero-order valence-electron chi connectivity index (χ0n) is 24.7. The van der Waals surface area contributed by atoms with Gasteiger partial charge in [0.2, 0.25) is 0 Å². The Bertz CT molecular complexity index is 2140. The molecule has 2 N–H and O–H groups in total. The Morgan fingerprint density at radius 3 is 2.85 bits per heavy atom. The molecule has 0 aliphatic carbocycles. The first-order valence-electron chi connectivity index (χ1n) is 15.1. The topological polar surface area (TPSA) is 122 Å². The third kappa shape index (κ3) is 4.85. The van der Waals surface area contributed by atoms with Crippen LogP contribution in [0.2, 0.25) is 10.2 Å². The van der Waals surface area contributed by atoms with E-state index >= 15 is 4.39 Å². The zero-order valence-corrected chi connectivity index (χ0v) is 27.1. The molecule has 16 heteroatoms. The van der Waals surface area contributed by atoms with Crippen molar-refractivity contribution in [2.45, 2.75) is 50.5 Å². The number of alkyl halides is 1. The fourth-order valence-corrected chi connectivity index (χ4v) is 8.79. The smallest absolute Gasteiger partial charge is 0.319 e. The van der Waals surface area contributed by atoms with E-state index in [4.69, 9.17) is 38.7 Å². The van der Waals surface area contributed by atoms with Gasteiger partial charge in [-0.05, 0) is 43.5 Å². The van der Waals surface area contributed by atoms with Crippen LogP contribution in [0.25, 0.3) is 32.1 Å². The van der Waals surface area contributed by atoms with Crippen LogP contribution in [0.4, 0.5) is 24.0 Å². The Kier molecular flexibility index (Phi) is 7.36. The average molecular weight is 701 g/mol. The highest BCUT2D eigenvalue weighted by Gasteiger charge is 2.49. The predicted octanol–water partition coefficient (Wildman–Crippen LogP) is 6.51. The number of rotatable bonds is 5. The number of nitrogen functional groups attached to an aromatic ring is 1. The number of anilines is 2. The molecule has 2 saturated heterocycles. The first-order valence-corrected chi connectivity index (χ1v) is 16.7. The summed E-state index contributed by atoms with van der Waals surface area (Å²) in [4.78, 5) is 13.4. The Labute approximate surface area is 280 Å². The third-order valence-electron chi connectivity index (χ3n) is 9.50. The predicted molar refractivity (Wildman–Crippen MR) is 174 cm³/mol. The van der Waals surface area contributed by atoms with Crippen molar-refractivity contribution in [1.82, 2.24) is 29.9 Å². The lowest BCUT2D eigenvalue weighted by atomic mass is 9.95. The Morgan fingerprint density at radius 1 is 1.17 bits per heavy atom. The number of benzene rings is 2. The molecule has 3 aromatic heterocycles. The van der Waals surface area contributed by atoms with E-state index in [1.54, 1.807) is 10.7 Å². The molecule has 0 bridgehead atoms. The molecular weight excluding hydrogens is 674 g/mol. The van der Waals surface area contributed by atoms with Gasteiger partial charge in [-0.1, -0.05) is 34.5 Å². The number of thiophene rings is 1. The number of nitriles is 1. The van der Waals surface area contributed by atoms with Crippen molar-refractivity contribution in [2.24, 2.45) is 0 Å². The number of aromatic nitrogens is 5. The van der Waals surface area contributed by atoms with Crippen LogP contribution < -0.4 is 15.4 Å². The molecule has 0 unspecified atom stereocenters. The molecule has 2 fully saturated rings. The number of hydrogen-bond donors (Lipinski definition) is 1. The van der Waals surface area contributed by atoms with E-state index in [9.17, 15) is 14.0 Å². The van der Waals surface area contributed by atoms with Crippen LogP contribution in [0.5, 0.6) is 6.01 Å². The van der Waals surface area contributed by atoms with E-state index in [1.807, 2.05) is 11.0 Å². The molecule has 0 radical (unpaired) electrons. The van der Waals surface area contributed by atoms with Gasteiger partial charge in [-0.25, -0.2) is 17.9 Å². The number of nitrogens with two attached hydrogens (primary N) is 1. The molecule has 10 nitrogen and oxygen atoms in total. The number of aryl methyl sites for hydroxylation is 1. The van der Waals surface area contributed by atoms with E-state index in [2.05, 4.69) is 20.2 Å². The molecular formula is C31H26Cl2F3N9OS. The molecule has 8 rings (SSSR count). The quantitative estimate of drug-likeness (QED) is 0.219. The first kappa shape index (κ1) is 30.4. The lowest BCUT2D eigenvalue weighted by Crippen LogP contribution is -2.43. The van der Waals surface area contributed by atoms with Crippen LogP contribution in [0.3, 0.4) is 0 Å². The lowest BCUT2D eigenvalue weighted by molar-refractivity contribution is 0.107. The minimum atomic E-state index is -0.952. The highest BCUT2D eigenvalue weighted by Crippen LogP contribution is 2.46. The zero-order chi connectivity index (χ0) is 32.6. The summed E-state index contributed by atoms with van der Waals surface area (Å²) in [5, 5.41) is 18.9. The first-order chi connectivity index (χ1) is 22.7. The summed E-state index contributed by atoms with van der Waals surface area (Å²) < 4.78 is 54.5. The summed E-state index contributed by atoms with van der Waals surface area (Å²) in [6.45, 7) is 2.64. The summed E-state index contributed by atoms with van der Waals surface area (Å²) in [7, 11) is 0. The summed E-state index contributed by atoms with van der Waals surface area (Å²) in [6, 6.07) is 6.08. The standard InChI is InChI=1S/C31H26Cl2F3N9OS/c32-19-9-17-25(24(36)23(19)16-3-4-20(35)26-22(16)18(11-37)28(38)47-26)39-30(46-14-31-5-1-7-44(31)12-15(34)10-31)40-29(17)43-6-2-8-45-21(13-43)27(33)41-42-45/h3-4,9,15H,1-2,5-8,10,12-14,38H2/t15-,31+/m1/s1. The van der Waals surface area contributed by atoms with Gasteiger partial charge in [-0.3, -0.25) is 4.90 Å². The van der Waals surface area contributed by atoms with Gasteiger partial charge in [-0.2, -0.15) is 15.2 Å². The van der Waals surface area contributed by atoms with Crippen LogP contribution in [0.15, 0.2) is 18.2 Å². The van der Waals surface area contributed by atoms with Crippen molar-refractivity contribution < 1.29 is 17.9 Å². The van der Waals surface area contributed by atoms with Crippen LogP contribution in [-0.2, 0) is 13.1 Å². The molecule has 0 amide bonds. The second-order valence-corrected chi connectivity index (χ2v) is 14.0. The molecule has 242 valence electrons. The second kappa shape index (κ2) is 11.4. The summed E-state index contributed by atoms with van der Waals surface area (Å²) in [6.07, 6.45) is 1.76. The Balaban J connectivity index is 1.30. The molecule has 5 aromatic rings. The van der Waals surface area contributed by atoms with Gasteiger partial charge in [0.25, 0.3) is 0 Å². The minimum absolute atomic E-state index is 0.00933. The maximum Gasteiger partial charge on any atom is 0.319 e. The van der Waals surface area contributed by atoms with Crippen molar-refractivity contribution in [3.63, 3.8) is 0 Å². The van der Waals surface area contributed by atoms with E-state index in [1.165, 1.54) is 12.1 Å². The second-order valence-electron chi connectivity index (χ2n) is 12.2. The van der Waals surface area contributed by atoms with Gasteiger partial charge in [0.15, 0.2) is 11.0 Å². The van der Waals surface area contributed by atoms with Crippen molar-refractivity contribution in [2.75, 3.05) is 36.9 Å². The van der Waals surface area contributed by atoms with Gasteiger partial charge in [0.05, 0.1) is 33.1 Å². The number of fused-ring (bicyclic) bond motifs is 4. The fraction of sp³-hybridized carbons (Fsp3) is 0.387. The number of hydrogen-bond acceptors (Lipinski definition) is 10. The highest BCUT2D eigenvalue weighted by atomic mass is 35.5. The van der Waals surface area contributed by atoms with E-state index in [0.717, 1.165) is 30.7 Å². The van der Waals surface area contributed by atoms with Gasteiger partial charge in [0, 0.05) is 42.4 Å². The molecule has 3 aliphatic rings. The van der Waals surface area contributed by atoms with Crippen molar-refractivity contribution in [3.8, 4) is 23.2 Å². The molecule has 6 heterocycles. The molecule has 0 spiro atoms. The Hall–Kier alpha value is -3.90. The number of nitrogens with zero attached hydrogens (tertiary/aromatic N) is 8. The SMILES string of the molecule is N#Cc1c(N)sc2c(F)ccc(-c3c(Cl)cc4c(N5CCCn6nnc(Cl)c6C5)nc(OC[C@@]56CCCN5C[C@H](F)C6)nc4c3F)c12. The van der Waals surface area contributed by atoms with Crippen molar-refractivity contribution >= 4 is 66.3 Å². The average Bonchev–Trinajstić information content (AvgIpc) is 3.73. The van der Waals surface area contributed by atoms with Gasteiger partial charge < -0.3 is 15.4 Å². The van der Waals surface area contributed by atoms with Gasteiger partial charge in [0.1, 0.15) is 41.0 Å². The van der Waals surface area contributed by atoms with E-state index in [-0.39, 0.29) is 66.6 Å². The van der Waals surface area contributed by atoms with Crippen LogP contribution >= 0.6 is 34.5 Å². The summed E-state index contributed by atoms with van der Waals surface area (Å²) in [5.74, 6) is -1.02. The molecule has 0 saturated carbocycles. The molecule has 2 aromatic carbocycles. The largest absolute Gasteiger partial charge is 0.461 e. The fourth-order valence-electron chi connectivity index (χ4n) is 7.36.